The van der Waals surface area contributed by atoms with Crippen LogP contribution < -0.4 is 5.32 Å². The molecular weight excluding hydrogens is 294 g/mol. The lowest BCUT2D eigenvalue weighted by Gasteiger charge is -2.30. The van der Waals surface area contributed by atoms with Gasteiger partial charge in [0.1, 0.15) is 11.9 Å². The molecule has 0 fully saturated rings. The fourth-order valence-corrected chi connectivity index (χ4v) is 3.58. The van der Waals surface area contributed by atoms with Gasteiger partial charge in [0.05, 0.1) is 7.11 Å². The van der Waals surface area contributed by atoms with Crippen LogP contribution in [0.1, 0.15) is 40.0 Å². The third-order valence-electron chi connectivity index (χ3n) is 2.88. The standard InChI is InChI=1S/C13H23N3O2S2/c1-10(2)16-13(3,11(17)18-4)7-5-6-8-19-12-14-9-15-20-12/h9-10,16H,5-8H2,1-4H3. The summed E-state index contributed by atoms with van der Waals surface area (Å²) >= 11 is 3.13. The molecule has 20 heavy (non-hydrogen) atoms. The van der Waals surface area contributed by atoms with Gasteiger partial charge < -0.3 is 4.74 Å². The van der Waals surface area contributed by atoms with E-state index in [9.17, 15) is 4.79 Å². The van der Waals surface area contributed by atoms with E-state index >= 15 is 0 Å². The summed E-state index contributed by atoms with van der Waals surface area (Å²) in [4.78, 5) is 16.0. The minimum absolute atomic E-state index is 0.192. The number of hydrogen-bond acceptors (Lipinski definition) is 7. The predicted molar refractivity (Wildman–Crippen MR) is 83.2 cm³/mol. The molecule has 0 aliphatic rings. The largest absolute Gasteiger partial charge is 0.468 e. The topological polar surface area (TPSA) is 64.1 Å². The van der Waals surface area contributed by atoms with Gasteiger partial charge in [-0.15, -0.1) is 0 Å². The number of carbonyl (C=O) groups excluding carboxylic acids is 1. The van der Waals surface area contributed by atoms with Crippen molar-refractivity contribution in [1.29, 1.82) is 0 Å². The Bertz CT molecular complexity index is 398. The zero-order valence-corrected chi connectivity index (χ0v) is 14.1. The molecule has 0 saturated heterocycles. The molecule has 0 saturated carbocycles. The summed E-state index contributed by atoms with van der Waals surface area (Å²) < 4.78 is 9.88. The average Bonchev–Trinajstić information content (AvgIpc) is 2.89. The number of thioether (sulfide) groups is 1. The van der Waals surface area contributed by atoms with E-state index in [4.69, 9.17) is 4.74 Å². The van der Waals surface area contributed by atoms with Crippen molar-refractivity contribution in [2.45, 2.75) is 56.0 Å². The Morgan fingerprint density at radius 1 is 1.55 bits per heavy atom. The van der Waals surface area contributed by atoms with Gasteiger partial charge in [0, 0.05) is 11.8 Å². The second kappa shape index (κ2) is 8.59. The van der Waals surface area contributed by atoms with Crippen LogP contribution in [0, 0.1) is 0 Å². The molecule has 0 spiro atoms. The van der Waals surface area contributed by atoms with E-state index in [1.165, 1.54) is 18.6 Å². The molecule has 0 bridgehead atoms. The Morgan fingerprint density at radius 3 is 2.85 bits per heavy atom. The van der Waals surface area contributed by atoms with Crippen LogP contribution in [0.25, 0.3) is 0 Å². The summed E-state index contributed by atoms with van der Waals surface area (Å²) in [5, 5.41) is 3.31. The number of hydrogen-bond donors (Lipinski definition) is 1. The van der Waals surface area contributed by atoms with E-state index in [-0.39, 0.29) is 12.0 Å². The highest BCUT2D eigenvalue weighted by Gasteiger charge is 2.33. The smallest absolute Gasteiger partial charge is 0.325 e. The quantitative estimate of drug-likeness (QED) is 0.429. The van der Waals surface area contributed by atoms with Crippen LogP contribution in [0.15, 0.2) is 10.7 Å². The number of unbranched alkanes of at least 4 members (excludes halogenated alkanes) is 1. The van der Waals surface area contributed by atoms with Crippen LogP contribution >= 0.6 is 23.3 Å². The van der Waals surface area contributed by atoms with E-state index in [1.807, 2.05) is 20.8 Å². The number of rotatable bonds is 9. The SMILES string of the molecule is COC(=O)C(C)(CCCCSc1ncns1)NC(C)C. The lowest BCUT2D eigenvalue weighted by Crippen LogP contribution is -2.52. The molecule has 0 aliphatic carbocycles. The first-order valence-electron chi connectivity index (χ1n) is 6.73. The Balaban J connectivity index is 2.33. The van der Waals surface area contributed by atoms with Crippen molar-refractivity contribution in [1.82, 2.24) is 14.7 Å². The fraction of sp³-hybridized carbons (Fsp3) is 0.769. The zero-order chi connectivity index (χ0) is 15.0. The molecule has 1 atom stereocenters. The average molecular weight is 317 g/mol. The number of ether oxygens (including phenoxy) is 1. The van der Waals surface area contributed by atoms with Gasteiger partial charge in [-0.1, -0.05) is 18.2 Å². The van der Waals surface area contributed by atoms with Crippen LogP contribution in [0.5, 0.6) is 0 Å². The molecule has 1 N–H and O–H groups in total. The molecule has 7 heteroatoms. The van der Waals surface area contributed by atoms with Gasteiger partial charge in [-0.2, -0.15) is 4.37 Å². The number of methoxy groups -OCH3 is 1. The molecule has 0 amide bonds. The third kappa shape index (κ3) is 5.76. The van der Waals surface area contributed by atoms with E-state index in [2.05, 4.69) is 14.7 Å². The highest BCUT2D eigenvalue weighted by molar-refractivity contribution is 8.00. The first-order valence-corrected chi connectivity index (χ1v) is 8.49. The molecule has 1 aromatic heterocycles. The normalized spacial score (nSPS) is 14.2. The molecule has 114 valence electrons. The van der Waals surface area contributed by atoms with Gasteiger partial charge in [0.25, 0.3) is 0 Å². The summed E-state index contributed by atoms with van der Waals surface area (Å²) in [6.07, 6.45) is 4.36. The molecular formula is C13H23N3O2S2. The van der Waals surface area contributed by atoms with Crippen molar-refractivity contribution in [3.05, 3.63) is 6.33 Å². The zero-order valence-electron chi connectivity index (χ0n) is 12.5. The first-order chi connectivity index (χ1) is 9.48. The van der Waals surface area contributed by atoms with Gasteiger partial charge in [0.15, 0.2) is 4.34 Å². The van der Waals surface area contributed by atoms with E-state index in [0.717, 1.165) is 29.4 Å². The maximum absolute atomic E-state index is 11.9. The maximum Gasteiger partial charge on any atom is 0.325 e. The van der Waals surface area contributed by atoms with Crippen molar-refractivity contribution >= 4 is 29.3 Å². The molecule has 1 aromatic rings. The lowest BCUT2D eigenvalue weighted by atomic mass is 9.94. The number of nitrogens with one attached hydrogen (secondary N) is 1. The summed E-state index contributed by atoms with van der Waals surface area (Å²) in [5.74, 6) is 0.802. The number of esters is 1. The van der Waals surface area contributed by atoms with Crippen LogP contribution in [-0.2, 0) is 9.53 Å². The van der Waals surface area contributed by atoms with Crippen LogP contribution in [0.3, 0.4) is 0 Å². The van der Waals surface area contributed by atoms with Gasteiger partial charge in [0.2, 0.25) is 0 Å². The highest BCUT2D eigenvalue weighted by Crippen LogP contribution is 2.22. The third-order valence-corrected chi connectivity index (χ3v) is 4.76. The van der Waals surface area contributed by atoms with Gasteiger partial charge in [-0.3, -0.25) is 10.1 Å². The number of carbonyl (C=O) groups is 1. The first kappa shape index (κ1) is 17.4. The highest BCUT2D eigenvalue weighted by atomic mass is 32.2. The Hall–Kier alpha value is -0.660. The van der Waals surface area contributed by atoms with Gasteiger partial charge >= 0.3 is 5.97 Å². The number of aromatic nitrogens is 2. The van der Waals surface area contributed by atoms with E-state index in [1.54, 1.807) is 18.1 Å². The summed E-state index contributed by atoms with van der Waals surface area (Å²) in [6.45, 7) is 5.98. The molecule has 0 aliphatic heterocycles. The second-order valence-electron chi connectivity index (χ2n) is 5.14. The Labute approximate surface area is 129 Å². The van der Waals surface area contributed by atoms with Crippen LogP contribution in [-0.4, -0.2) is 39.8 Å². The van der Waals surface area contributed by atoms with Crippen molar-refractivity contribution in [2.24, 2.45) is 0 Å². The summed E-state index contributed by atoms with van der Waals surface area (Å²) in [7, 11) is 1.44. The van der Waals surface area contributed by atoms with E-state index in [0.29, 0.717) is 0 Å². The molecule has 1 unspecified atom stereocenters. The summed E-state index contributed by atoms with van der Waals surface area (Å²) in [5.41, 5.74) is -0.601. The Kier molecular flexibility index (Phi) is 7.47. The monoisotopic (exact) mass is 317 g/mol. The fourth-order valence-electron chi connectivity index (χ4n) is 2.06. The van der Waals surface area contributed by atoms with Gasteiger partial charge in [-0.05, 0) is 45.1 Å². The minimum atomic E-state index is -0.601. The maximum atomic E-state index is 11.9. The van der Waals surface area contributed by atoms with Crippen molar-refractivity contribution in [2.75, 3.05) is 12.9 Å². The van der Waals surface area contributed by atoms with Crippen LogP contribution in [0.4, 0.5) is 0 Å². The predicted octanol–water partition coefficient (Wildman–Crippen LogP) is 2.73. The lowest BCUT2D eigenvalue weighted by molar-refractivity contribution is -0.148. The molecule has 1 heterocycles. The van der Waals surface area contributed by atoms with E-state index < -0.39 is 5.54 Å². The second-order valence-corrected chi connectivity index (χ2v) is 7.26. The van der Waals surface area contributed by atoms with Crippen molar-refractivity contribution < 1.29 is 9.53 Å². The minimum Gasteiger partial charge on any atom is -0.468 e. The molecule has 1 rings (SSSR count). The molecule has 0 radical (unpaired) electrons. The van der Waals surface area contributed by atoms with Crippen molar-refractivity contribution in [3.8, 4) is 0 Å². The Morgan fingerprint density at radius 2 is 2.30 bits per heavy atom. The summed E-state index contributed by atoms with van der Waals surface area (Å²) in [6, 6.07) is 0.245. The van der Waals surface area contributed by atoms with Crippen LogP contribution in [0.2, 0.25) is 0 Å². The molecule has 0 aromatic carbocycles. The van der Waals surface area contributed by atoms with Gasteiger partial charge in [-0.25, -0.2) is 4.98 Å². The number of nitrogens with zero attached hydrogens (tertiary/aromatic N) is 2. The van der Waals surface area contributed by atoms with Crippen molar-refractivity contribution in [3.63, 3.8) is 0 Å². The molecule has 5 nitrogen and oxygen atoms in total.